The third kappa shape index (κ3) is 3.65. The largest absolute Gasteiger partial charge is 0.573 e. The first kappa shape index (κ1) is 11.6. The molecule has 0 aromatic heterocycles. The number of rotatable bonds is 3. The van der Waals surface area contributed by atoms with Crippen LogP contribution in [0.25, 0.3) is 6.08 Å². The van der Waals surface area contributed by atoms with Crippen molar-refractivity contribution < 1.29 is 17.9 Å². The van der Waals surface area contributed by atoms with Crippen LogP contribution in [0.4, 0.5) is 13.2 Å². The first-order valence-electron chi connectivity index (χ1n) is 4.46. The van der Waals surface area contributed by atoms with Gasteiger partial charge in [0.15, 0.2) is 0 Å². The highest BCUT2D eigenvalue weighted by Crippen LogP contribution is 2.25. The fourth-order valence-corrected chi connectivity index (χ4v) is 1.20. The minimum absolute atomic E-state index is 0.197. The molecule has 0 atom stereocenters. The summed E-state index contributed by atoms with van der Waals surface area (Å²) in [6.45, 7) is 5.37. The zero-order valence-electron chi connectivity index (χ0n) is 8.27. The van der Waals surface area contributed by atoms with E-state index < -0.39 is 6.36 Å². The first-order valence-corrected chi connectivity index (χ1v) is 4.46. The minimum Gasteiger partial charge on any atom is -0.406 e. The molecule has 1 aromatic rings. The molecule has 0 heterocycles. The molecule has 1 aromatic carbocycles. The van der Waals surface area contributed by atoms with Crippen molar-refractivity contribution in [2.75, 3.05) is 0 Å². The van der Waals surface area contributed by atoms with E-state index in [1.54, 1.807) is 6.07 Å². The molecule has 0 aliphatic heterocycles. The number of aryl methyl sites for hydroxylation is 1. The maximum absolute atomic E-state index is 12.0. The standard InChI is InChI=1S/C11H11F3O/c1-3-8-5-9(4-2)7-10(6-8)15-11(12,13)14/h3,5-7H,1,4H2,2H3. The third-order valence-corrected chi connectivity index (χ3v) is 1.87. The van der Waals surface area contributed by atoms with E-state index in [-0.39, 0.29) is 5.75 Å². The third-order valence-electron chi connectivity index (χ3n) is 1.87. The van der Waals surface area contributed by atoms with E-state index in [9.17, 15) is 13.2 Å². The van der Waals surface area contributed by atoms with E-state index in [0.29, 0.717) is 12.0 Å². The van der Waals surface area contributed by atoms with Crippen LogP contribution in [-0.4, -0.2) is 6.36 Å². The Morgan fingerprint density at radius 3 is 2.47 bits per heavy atom. The van der Waals surface area contributed by atoms with Gasteiger partial charge in [-0.3, -0.25) is 0 Å². The molecule has 0 saturated carbocycles. The van der Waals surface area contributed by atoms with Crippen LogP contribution >= 0.6 is 0 Å². The predicted molar refractivity (Wildman–Crippen MR) is 52.6 cm³/mol. The molecule has 82 valence electrons. The van der Waals surface area contributed by atoms with Gasteiger partial charge in [-0.25, -0.2) is 0 Å². The summed E-state index contributed by atoms with van der Waals surface area (Å²) in [5, 5.41) is 0. The van der Waals surface area contributed by atoms with Crippen molar-refractivity contribution in [2.24, 2.45) is 0 Å². The Labute approximate surface area is 86.2 Å². The molecule has 0 bridgehead atoms. The summed E-state index contributed by atoms with van der Waals surface area (Å²) in [5.74, 6) is -0.197. The summed E-state index contributed by atoms with van der Waals surface area (Å²) in [5.41, 5.74) is 1.40. The van der Waals surface area contributed by atoms with Crippen LogP contribution in [-0.2, 0) is 6.42 Å². The van der Waals surface area contributed by atoms with Crippen molar-refractivity contribution in [3.8, 4) is 5.75 Å². The van der Waals surface area contributed by atoms with Crippen molar-refractivity contribution >= 4 is 6.08 Å². The fraction of sp³-hybridized carbons (Fsp3) is 0.273. The van der Waals surface area contributed by atoms with Crippen molar-refractivity contribution in [2.45, 2.75) is 19.7 Å². The maximum atomic E-state index is 12.0. The number of halogens is 3. The molecular weight excluding hydrogens is 205 g/mol. The lowest BCUT2D eigenvalue weighted by Crippen LogP contribution is -2.17. The van der Waals surface area contributed by atoms with Gasteiger partial charge in [-0.2, -0.15) is 0 Å². The van der Waals surface area contributed by atoms with Gasteiger partial charge in [0, 0.05) is 0 Å². The van der Waals surface area contributed by atoms with Crippen molar-refractivity contribution in [1.29, 1.82) is 0 Å². The highest BCUT2D eigenvalue weighted by Gasteiger charge is 2.31. The molecule has 0 N–H and O–H groups in total. The van der Waals surface area contributed by atoms with Gasteiger partial charge in [0.2, 0.25) is 0 Å². The zero-order valence-corrected chi connectivity index (χ0v) is 8.27. The lowest BCUT2D eigenvalue weighted by Gasteiger charge is -2.10. The number of ether oxygens (including phenoxy) is 1. The van der Waals surface area contributed by atoms with Gasteiger partial charge in [-0.15, -0.1) is 13.2 Å². The predicted octanol–water partition coefficient (Wildman–Crippen LogP) is 3.79. The molecule has 0 fully saturated rings. The molecule has 15 heavy (non-hydrogen) atoms. The van der Waals surface area contributed by atoms with Crippen molar-refractivity contribution in [3.63, 3.8) is 0 Å². The Morgan fingerprint density at radius 2 is 2.00 bits per heavy atom. The fourth-order valence-electron chi connectivity index (χ4n) is 1.20. The summed E-state index contributed by atoms with van der Waals surface area (Å²) < 4.78 is 39.7. The van der Waals surface area contributed by atoms with Gasteiger partial charge in [0.05, 0.1) is 0 Å². The SMILES string of the molecule is C=Cc1cc(CC)cc(OC(F)(F)F)c1. The second-order valence-electron chi connectivity index (χ2n) is 3.02. The number of hydrogen-bond donors (Lipinski definition) is 0. The molecule has 4 heteroatoms. The Hall–Kier alpha value is -1.45. The van der Waals surface area contributed by atoms with E-state index >= 15 is 0 Å². The van der Waals surface area contributed by atoms with Crippen molar-refractivity contribution in [1.82, 2.24) is 0 Å². The molecule has 0 saturated heterocycles. The Balaban J connectivity index is 3.02. The Morgan fingerprint density at radius 1 is 1.33 bits per heavy atom. The van der Waals surface area contributed by atoms with Crippen LogP contribution in [0.5, 0.6) is 5.75 Å². The monoisotopic (exact) mass is 216 g/mol. The number of benzene rings is 1. The second-order valence-corrected chi connectivity index (χ2v) is 3.02. The molecule has 0 aliphatic carbocycles. The molecule has 0 unspecified atom stereocenters. The molecule has 1 nitrogen and oxygen atoms in total. The van der Waals surface area contributed by atoms with Crippen LogP contribution < -0.4 is 4.74 Å². The van der Waals surface area contributed by atoms with E-state index in [0.717, 1.165) is 5.56 Å². The highest BCUT2D eigenvalue weighted by molar-refractivity contribution is 5.51. The van der Waals surface area contributed by atoms with Crippen LogP contribution in [0.1, 0.15) is 18.1 Å². The summed E-state index contributed by atoms with van der Waals surface area (Å²) >= 11 is 0. The van der Waals surface area contributed by atoms with Gasteiger partial charge in [0.1, 0.15) is 5.75 Å². The average Bonchev–Trinajstić information content (AvgIpc) is 2.14. The van der Waals surface area contributed by atoms with Gasteiger partial charge in [-0.1, -0.05) is 25.6 Å². The molecule has 0 spiro atoms. The van der Waals surface area contributed by atoms with E-state index in [2.05, 4.69) is 11.3 Å². The number of hydrogen-bond acceptors (Lipinski definition) is 1. The Kier molecular flexibility index (Phi) is 3.39. The second kappa shape index (κ2) is 4.38. The van der Waals surface area contributed by atoms with Gasteiger partial charge in [-0.05, 0) is 29.7 Å². The van der Waals surface area contributed by atoms with Crippen LogP contribution in [0.2, 0.25) is 0 Å². The number of alkyl halides is 3. The first-order chi connectivity index (χ1) is 6.94. The smallest absolute Gasteiger partial charge is 0.406 e. The van der Waals surface area contributed by atoms with Gasteiger partial charge < -0.3 is 4.74 Å². The van der Waals surface area contributed by atoms with E-state index in [1.165, 1.54) is 18.2 Å². The minimum atomic E-state index is -4.65. The summed E-state index contributed by atoms with van der Waals surface area (Å²) in [4.78, 5) is 0. The summed E-state index contributed by atoms with van der Waals surface area (Å²) in [7, 11) is 0. The molecule has 1 rings (SSSR count). The van der Waals surface area contributed by atoms with Crippen LogP contribution in [0, 0.1) is 0 Å². The molecular formula is C11H11F3O. The van der Waals surface area contributed by atoms with Crippen LogP contribution in [0.15, 0.2) is 24.8 Å². The topological polar surface area (TPSA) is 9.23 Å². The maximum Gasteiger partial charge on any atom is 0.573 e. The summed E-state index contributed by atoms with van der Waals surface area (Å²) in [6.07, 6.45) is -2.51. The molecule has 0 aliphatic rings. The molecule has 0 amide bonds. The van der Waals surface area contributed by atoms with E-state index in [4.69, 9.17) is 0 Å². The van der Waals surface area contributed by atoms with Crippen molar-refractivity contribution in [3.05, 3.63) is 35.9 Å². The van der Waals surface area contributed by atoms with Gasteiger partial charge >= 0.3 is 6.36 Å². The zero-order chi connectivity index (χ0) is 11.5. The van der Waals surface area contributed by atoms with Crippen LogP contribution in [0.3, 0.4) is 0 Å². The average molecular weight is 216 g/mol. The lowest BCUT2D eigenvalue weighted by molar-refractivity contribution is -0.274. The highest BCUT2D eigenvalue weighted by atomic mass is 19.4. The summed E-state index contributed by atoms with van der Waals surface area (Å²) in [6, 6.07) is 4.45. The Bertz CT molecular complexity index is 355. The normalized spacial score (nSPS) is 11.2. The molecule has 0 radical (unpaired) electrons. The van der Waals surface area contributed by atoms with Gasteiger partial charge in [0.25, 0.3) is 0 Å². The quantitative estimate of drug-likeness (QED) is 0.746. The van der Waals surface area contributed by atoms with E-state index in [1.807, 2.05) is 6.92 Å². The lowest BCUT2D eigenvalue weighted by atomic mass is 10.1.